The van der Waals surface area contributed by atoms with E-state index < -0.39 is 11.7 Å². The monoisotopic (exact) mass is 337 g/mol. The Morgan fingerprint density at radius 1 is 1.09 bits per heavy atom. The molecule has 2 aromatic rings. The summed E-state index contributed by atoms with van der Waals surface area (Å²) in [5.74, 6) is -0.0146. The van der Waals surface area contributed by atoms with Crippen LogP contribution in [0.3, 0.4) is 0 Å². The van der Waals surface area contributed by atoms with Crippen LogP contribution in [0.4, 0.5) is 10.1 Å². The van der Waals surface area contributed by atoms with Crippen LogP contribution >= 0.6 is 11.6 Å². The summed E-state index contributed by atoms with van der Waals surface area (Å²) in [4.78, 5) is 12.3. The molecule has 0 atom stereocenters. The normalized spacial score (nSPS) is 10.3. The predicted octanol–water partition coefficient (Wildman–Crippen LogP) is 4.53. The van der Waals surface area contributed by atoms with Gasteiger partial charge in [0.15, 0.2) is 11.5 Å². The van der Waals surface area contributed by atoms with Crippen LogP contribution in [0.2, 0.25) is 5.02 Å². The van der Waals surface area contributed by atoms with Crippen molar-refractivity contribution in [2.75, 3.05) is 18.5 Å². The number of nitrogens with one attached hydrogen (secondary N) is 1. The Morgan fingerprint density at radius 3 is 2.43 bits per heavy atom. The highest BCUT2D eigenvalue weighted by Crippen LogP contribution is 2.29. The van der Waals surface area contributed by atoms with Crippen molar-refractivity contribution in [3.63, 3.8) is 0 Å². The second kappa shape index (κ2) is 7.83. The number of carbonyl (C=O) groups is 1. The van der Waals surface area contributed by atoms with Crippen molar-refractivity contribution in [3.05, 3.63) is 52.8 Å². The summed E-state index contributed by atoms with van der Waals surface area (Å²) >= 11 is 5.69. The maximum atomic E-state index is 13.7. The minimum atomic E-state index is -0.596. The first-order chi connectivity index (χ1) is 11.0. The molecular weight excluding hydrogens is 321 g/mol. The van der Waals surface area contributed by atoms with Gasteiger partial charge < -0.3 is 14.8 Å². The second-order valence-corrected chi connectivity index (χ2v) is 5.04. The average Bonchev–Trinajstić information content (AvgIpc) is 2.52. The van der Waals surface area contributed by atoms with Crippen LogP contribution in [-0.4, -0.2) is 19.1 Å². The summed E-state index contributed by atoms with van der Waals surface area (Å²) in [6, 6.07) is 8.87. The Hall–Kier alpha value is -2.27. The lowest BCUT2D eigenvalue weighted by atomic mass is 10.1. The van der Waals surface area contributed by atoms with Gasteiger partial charge in [0.05, 0.1) is 18.9 Å². The molecule has 23 heavy (non-hydrogen) atoms. The molecule has 0 aliphatic heterocycles. The SMILES string of the molecule is CCOc1ccc(C(=O)Nc2ccc(Cl)cc2F)cc1OCC. The van der Waals surface area contributed by atoms with Gasteiger partial charge in [0.1, 0.15) is 5.82 Å². The summed E-state index contributed by atoms with van der Waals surface area (Å²) in [5, 5.41) is 2.77. The van der Waals surface area contributed by atoms with Gasteiger partial charge >= 0.3 is 0 Å². The first-order valence-corrected chi connectivity index (χ1v) is 7.59. The molecule has 0 saturated heterocycles. The van der Waals surface area contributed by atoms with Crippen LogP contribution in [0.1, 0.15) is 24.2 Å². The fraction of sp³-hybridized carbons (Fsp3) is 0.235. The summed E-state index contributed by atoms with van der Waals surface area (Å²) in [6.45, 7) is 4.63. The van der Waals surface area contributed by atoms with Crippen molar-refractivity contribution in [2.45, 2.75) is 13.8 Å². The number of hydrogen-bond donors (Lipinski definition) is 1. The molecule has 0 heterocycles. The standard InChI is InChI=1S/C17H17ClFNO3/c1-3-22-15-8-5-11(9-16(15)23-4-2)17(21)20-14-7-6-12(18)10-13(14)19/h5-10H,3-4H2,1-2H3,(H,20,21). The molecular formula is C17H17ClFNO3. The van der Waals surface area contributed by atoms with Gasteiger partial charge in [0.2, 0.25) is 0 Å². The molecule has 0 unspecified atom stereocenters. The Balaban J connectivity index is 2.23. The van der Waals surface area contributed by atoms with Gasteiger partial charge in [0.25, 0.3) is 5.91 Å². The van der Waals surface area contributed by atoms with Gasteiger partial charge in [-0.25, -0.2) is 4.39 Å². The number of anilines is 1. The number of rotatable bonds is 6. The van der Waals surface area contributed by atoms with E-state index in [1.165, 1.54) is 12.1 Å². The van der Waals surface area contributed by atoms with E-state index in [9.17, 15) is 9.18 Å². The van der Waals surface area contributed by atoms with E-state index in [0.29, 0.717) is 30.3 Å². The van der Waals surface area contributed by atoms with Crippen LogP contribution < -0.4 is 14.8 Å². The maximum Gasteiger partial charge on any atom is 0.255 e. The largest absolute Gasteiger partial charge is 0.490 e. The van der Waals surface area contributed by atoms with Gasteiger partial charge in [-0.15, -0.1) is 0 Å². The minimum Gasteiger partial charge on any atom is -0.490 e. The lowest BCUT2D eigenvalue weighted by Crippen LogP contribution is -2.13. The van der Waals surface area contributed by atoms with Crippen molar-refractivity contribution >= 4 is 23.2 Å². The van der Waals surface area contributed by atoms with Crippen LogP contribution in [0.5, 0.6) is 11.5 Å². The number of benzene rings is 2. The smallest absolute Gasteiger partial charge is 0.255 e. The van der Waals surface area contributed by atoms with Gasteiger partial charge in [-0.05, 0) is 50.2 Å². The van der Waals surface area contributed by atoms with Crippen LogP contribution in [0.15, 0.2) is 36.4 Å². The Morgan fingerprint density at radius 2 is 1.78 bits per heavy atom. The van der Waals surface area contributed by atoms with Gasteiger partial charge in [-0.3, -0.25) is 4.79 Å². The fourth-order valence-corrected chi connectivity index (χ4v) is 2.14. The van der Waals surface area contributed by atoms with Gasteiger partial charge in [0, 0.05) is 10.6 Å². The molecule has 0 aliphatic rings. The molecule has 2 aromatic carbocycles. The number of hydrogen-bond acceptors (Lipinski definition) is 3. The van der Waals surface area contributed by atoms with Gasteiger partial charge in [-0.2, -0.15) is 0 Å². The molecule has 0 fully saturated rings. The van der Waals surface area contributed by atoms with Crippen molar-refractivity contribution in [1.29, 1.82) is 0 Å². The molecule has 122 valence electrons. The van der Waals surface area contributed by atoms with Crippen LogP contribution in [0, 0.1) is 5.82 Å². The van der Waals surface area contributed by atoms with E-state index in [0.717, 1.165) is 6.07 Å². The number of halogens is 2. The molecule has 0 spiro atoms. The topological polar surface area (TPSA) is 47.6 Å². The Labute approximate surface area is 139 Å². The summed E-state index contributed by atoms with van der Waals surface area (Å²) < 4.78 is 24.7. The second-order valence-electron chi connectivity index (χ2n) is 4.61. The zero-order chi connectivity index (χ0) is 16.8. The highest BCUT2D eigenvalue weighted by molar-refractivity contribution is 6.30. The first kappa shape index (κ1) is 17.1. The molecule has 1 N–H and O–H groups in total. The molecule has 0 saturated carbocycles. The van der Waals surface area contributed by atoms with E-state index in [2.05, 4.69) is 5.32 Å². The molecule has 4 nitrogen and oxygen atoms in total. The van der Waals surface area contributed by atoms with E-state index in [-0.39, 0.29) is 10.7 Å². The van der Waals surface area contributed by atoms with Crippen molar-refractivity contribution in [3.8, 4) is 11.5 Å². The highest BCUT2D eigenvalue weighted by Gasteiger charge is 2.13. The Kier molecular flexibility index (Phi) is 5.82. The van der Waals surface area contributed by atoms with Crippen molar-refractivity contribution in [1.82, 2.24) is 0 Å². The van der Waals surface area contributed by atoms with E-state index >= 15 is 0 Å². The average molecular weight is 338 g/mol. The van der Waals surface area contributed by atoms with Crippen LogP contribution in [0.25, 0.3) is 0 Å². The number of ether oxygens (including phenoxy) is 2. The predicted molar refractivity (Wildman–Crippen MR) is 88.1 cm³/mol. The highest BCUT2D eigenvalue weighted by atomic mass is 35.5. The summed E-state index contributed by atoms with van der Waals surface area (Å²) in [7, 11) is 0. The molecule has 0 aromatic heterocycles. The number of carbonyl (C=O) groups excluding carboxylic acids is 1. The molecule has 6 heteroatoms. The maximum absolute atomic E-state index is 13.7. The summed E-state index contributed by atoms with van der Waals surface area (Å²) in [5.41, 5.74) is 0.400. The van der Waals surface area contributed by atoms with E-state index in [1.807, 2.05) is 13.8 Å². The molecule has 0 aliphatic carbocycles. The fourth-order valence-electron chi connectivity index (χ4n) is 1.98. The first-order valence-electron chi connectivity index (χ1n) is 7.21. The third-order valence-corrected chi connectivity index (χ3v) is 3.22. The lowest BCUT2D eigenvalue weighted by Gasteiger charge is -2.12. The van der Waals surface area contributed by atoms with E-state index in [1.54, 1.807) is 18.2 Å². The lowest BCUT2D eigenvalue weighted by molar-refractivity contribution is 0.102. The van der Waals surface area contributed by atoms with Crippen molar-refractivity contribution in [2.24, 2.45) is 0 Å². The molecule has 0 radical (unpaired) electrons. The number of amides is 1. The third-order valence-electron chi connectivity index (χ3n) is 2.98. The van der Waals surface area contributed by atoms with Crippen LogP contribution in [-0.2, 0) is 0 Å². The van der Waals surface area contributed by atoms with Gasteiger partial charge in [-0.1, -0.05) is 11.6 Å². The Bertz CT molecular complexity index is 706. The summed E-state index contributed by atoms with van der Waals surface area (Å²) in [6.07, 6.45) is 0. The minimum absolute atomic E-state index is 0.0613. The van der Waals surface area contributed by atoms with E-state index in [4.69, 9.17) is 21.1 Å². The zero-order valence-electron chi connectivity index (χ0n) is 12.9. The zero-order valence-corrected chi connectivity index (χ0v) is 13.6. The van der Waals surface area contributed by atoms with Crippen molar-refractivity contribution < 1.29 is 18.7 Å². The molecule has 1 amide bonds. The molecule has 0 bridgehead atoms. The quantitative estimate of drug-likeness (QED) is 0.842. The molecule has 2 rings (SSSR count). The third kappa shape index (κ3) is 4.36.